The molecule has 1 unspecified atom stereocenters. The van der Waals surface area contributed by atoms with Gasteiger partial charge in [-0.05, 0) is 49.6 Å². The molecule has 0 fully saturated rings. The number of benzene rings is 2. The van der Waals surface area contributed by atoms with Gasteiger partial charge in [-0.15, -0.1) is 0 Å². The number of hydrogen-bond donors (Lipinski definition) is 1. The highest BCUT2D eigenvalue weighted by atomic mass is 16.2. The molecule has 7 heteroatoms. The van der Waals surface area contributed by atoms with Gasteiger partial charge in [0.2, 0.25) is 0 Å². The number of fused-ring (bicyclic) bond motifs is 1. The highest BCUT2D eigenvalue weighted by molar-refractivity contribution is 5.94. The number of aryl methyl sites for hydroxylation is 1. The molecule has 1 amide bonds. The molecule has 7 nitrogen and oxygen atoms in total. The van der Waals surface area contributed by atoms with Crippen LogP contribution in [0.5, 0.6) is 0 Å². The third kappa shape index (κ3) is 5.36. The van der Waals surface area contributed by atoms with E-state index in [9.17, 15) is 9.59 Å². The summed E-state index contributed by atoms with van der Waals surface area (Å²) < 4.78 is 1.71. The zero-order valence-electron chi connectivity index (χ0n) is 21.1. The van der Waals surface area contributed by atoms with Crippen LogP contribution >= 0.6 is 0 Å². The summed E-state index contributed by atoms with van der Waals surface area (Å²) in [6.07, 6.45) is 3.85. The Morgan fingerprint density at radius 3 is 2.44 bits per heavy atom. The minimum atomic E-state index is -0.439. The molecular weight excluding hydrogens is 450 g/mol. The maximum atomic E-state index is 13.9. The quantitative estimate of drug-likeness (QED) is 0.382. The van der Waals surface area contributed by atoms with Gasteiger partial charge in [-0.2, -0.15) is 0 Å². The maximum Gasteiger partial charge on any atom is 0.261 e. The lowest BCUT2D eigenvalue weighted by Crippen LogP contribution is -2.42. The molecule has 2 heterocycles. The molecule has 0 spiro atoms. The fourth-order valence-corrected chi connectivity index (χ4v) is 4.52. The number of rotatable bonds is 9. The van der Waals surface area contributed by atoms with Crippen LogP contribution in [0.3, 0.4) is 0 Å². The number of pyridine rings is 1. The zero-order valence-corrected chi connectivity index (χ0v) is 21.1. The van der Waals surface area contributed by atoms with E-state index in [1.807, 2.05) is 66.4 Å². The summed E-state index contributed by atoms with van der Waals surface area (Å²) >= 11 is 0. The lowest BCUT2D eigenvalue weighted by atomic mass is 9.98. The van der Waals surface area contributed by atoms with Crippen LogP contribution in [0.15, 0.2) is 77.9 Å². The van der Waals surface area contributed by atoms with E-state index in [-0.39, 0.29) is 17.4 Å². The van der Waals surface area contributed by atoms with Crippen molar-refractivity contribution < 1.29 is 4.79 Å². The van der Waals surface area contributed by atoms with Crippen LogP contribution in [0.2, 0.25) is 0 Å². The first-order valence-electron chi connectivity index (χ1n) is 12.4. The summed E-state index contributed by atoms with van der Waals surface area (Å²) in [4.78, 5) is 38.6. The molecule has 0 saturated carbocycles. The number of nitrogens with zero attached hydrogens (tertiary/aromatic N) is 4. The van der Waals surface area contributed by atoms with Crippen molar-refractivity contribution in [2.75, 3.05) is 13.1 Å². The predicted molar refractivity (Wildman–Crippen MR) is 143 cm³/mol. The van der Waals surface area contributed by atoms with Crippen molar-refractivity contribution in [3.63, 3.8) is 0 Å². The van der Waals surface area contributed by atoms with Gasteiger partial charge in [0.05, 0.1) is 29.7 Å². The summed E-state index contributed by atoms with van der Waals surface area (Å²) in [5.74, 6) is 0.436. The van der Waals surface area contributed by atoms with E-state index in [1.54, 1.807) is 23.0 Å². The van der Waals surface area contributed by atoms with Crippen LogP contribution in [-0.4, -0.2) is 38.4 Å². The van der Waals surface area contributed by atoms with Crippen LogP contribution in [0.25, 0.3) is 10.9 Å². The molecule has 0 radical (unpaired) electrons. The number of carbonyl (C=O) groups excluding carboxylic acids is 1. The van der Waals surface area contributed by atoms with Crippen LogP contribution in [0.1, 0.15) is 53.6 Å². The molecular formula is C29H33N5O2. The van der Waals surface area contributed by atoms with Gasteiger partial charge in [-0.1, -0.05) is 61.9 Å². The maximum absolute atomic E-state index is 13.9. The lowest BCUT2D eigenvalue weighted by Gasteiger charge is -2.35. The fraction of sp³-hybridized carbons (Fsp3) is 0.310. The zero-order chi connectivity index (χ0) is 25.7. The second kappa shape index (κ2) is 11.3. The van der Waals surface area contributed by atoms with Crippen LogP contribution < -0.4 is 11.3 Å². The van der Waals surface area contributed by atoms with Crippen LogP contribution in [0.4, 0.5) is 0 Å². The lowest BCUT2D eigenvalue weighted by molar-refractivity contribution is 0.0602. The van der Waals surface area contributed by atoms with Gasteiger partial charge in [0.25, 0.3) is 11.5 Å². The molecule has 0 aliphatic carbocycles. The summed E-state index contributed by atoms with van der Waals surface area (Å²) in [7, 11) is 0. The predicted octanol–water partition coefficient (Wildman–Crippen LogP) is 4.34. The largest absolute Gasteiger partial charge is 0.330 e. The Labute approximate surface area is 211 Å². The summed E-state index contributed by atoms with van der Waals surface area (Å²) in [6.45, 7) is 7.36. The average Bonchev–Trinajstić information content (AvgIpc) is 2.89. The minimum absolute atomic E-state index is 0.0137. The number of nitrogens with two attached hydrogens (primary N) is 1. The molecule has 0 aliphatic heterocycles. The summed E-state index contributed by atoms with van der Waals surface area (Å²) in [5.41, 5.74) is 8.91. The molecule has 0 bridgehead atoms. The van der Waals surface area contributed by atoms with E-state index in [2.05, 4.69) is 18.8 Å². The van der Waals surface area contributed by atoms with E-state index in [1.165, 1.54) is 0 Å². The second-order valence-corrected chi connectivity index (χ2v) is 9.44. The highest BCUT2D eigenvalue weighted by Gasteiger charge is 2.32. The summed E-state index contributed by atoms with van der Waals surface area (Å²) in [6, 6.07) is 18.6. The Balaban J connectivity index is 1.91. The number of amides is 1. The monoisotopic (exact) mass is 483 g/mol. The number of carbonyl (C=O) groups is 1. The highest BCUT2D eigenvalue weighted by Crippen LogP contribution is 2.30. The van der Waals surface area contributed by atoms with Crippen molar-refractivity contribution in [2.24, 2.45) is 11.7 Å². The Kier molecular flexibility index (Phi) is 7.90. The van der Waals surface area contributed by atoms with E-state index >= 15 is 0 Å². The first kappa shape index (κ1) is 25.3. The Bertz CT molecular complexity index is 1380. The topological polar surface area (TPSA) is 94.1 Å². The first-order valence-corrected chi connectivity index (χ1v) is 12.4. The Morgan fingerprint density at radius 1 is 1.06 bits per heavy atom. The number of aromatic nitrogens is 3. The van der Waals surface area contributed by atoms with Crippen molar-refractivity contribution in [1.29, 1.82) is 0 Å². The van der Waals surface area contributed by atoms with Gasteiger partial charge >= 0.3 is 0 Å². The van der Waals surface area contributed by atoms with Crippen molar-refractivity contribution in [1.82, 2.24) is 19.4 Å². The van der Waals surface area contributed by atoms with E-state index < -0.39 is 6.04 Å². The minimum Gasteiger partial charge on any atom is -0.330 e. The van der Waals surface area contributed by atoms with Crippen molar-refractivity contribution in [3.05, 3.63) is 106 Å². The average molecular weight is 484 g/mol. The molecule has 0 aliphatic rings. The molecule has 1 atom stereocenters. The van der Waals surface area contributed by atoms with Gasteiger partial charge in [0.15, 0.2) is 0 Å². The van der Waals surface area contributed by atoms with Gasteiger partial charge in [0.1, 0.15) is 5.82 Å². The SMILES string of the molecule is Cc1ccc(C(=O)N(CCCN)C(c2nc3cnccc3c(=O)n2Cc2ccccc2)C(C)C)cc1. The summed E-state index contributed by atoms with van der Waals surface area (Å²) in [5, 5.41) is 0.505. The molecule has 4 rings (SSSR count). The van der Waals surface area contributed by atoms with E-state index in [0.717, 1.165) is 11.1 Å². The third-order valence-electron chi connectivity index (χ3n) is 6.36. The van der Waals surface area contributed by atoms with Crippen LogP contribution in [-0.2, 0) is 6.54 Å². The van der Waals surface area contributed by atoms with Gasteiger partial charge < -0.3 is 10.6 Å². The first-order chi connectivity index (χ1) is 17.4. The molecule has 2 N–H and O–H groups in total. The molecule has 2 aromatic carbocycles. The van der Waals surface area contributed by atoms with E-state index in [4.69, 9.17) is 10.7 Å². The van der Waals surface area contributed by atoms with Crippen molar-refractivity contribution >= 4 is 16.8 Å². The molecule has 186 valence electrons. The fourth-order valence-electron chi connectivity index (χ4n) is 4.52. The van der Waals surface area contributed by atoms with Crippen LogP contribution in [0, 0.1) is 12.8 Å². The normalized spacial score (nSPS) is 12.1. The Hall–Kier alpha value is -3.84. The smallest absolute Gasteiger partial charge is 0.261 e. The van der Waals surface area contributed by atoms with Gasteiger partial charge in [-0.25, -0.2) is 4.98 Å². The molecule has 0 saturated heterocycles. The van der Waals surface area contributed by atoms with E-state index in [0.29, 0.717) is 48.3 Å². The van der Waals surface area contributed by atoms with Gasteiger partial charge in [0, 0.05) is 18.3 Å². The molecule has 4 aromatic rings. The van der Waals surface area contributed by atoms with Gasteiger partial charge in [-0.3, -0.25) is 19.1 Å². The molecule has 36 heavy (non-hydrogen) atoms. The Morgan fingerprint density at radius 2 is 1.78 bits per heavy atom. The van der Waals surface area contributed by atoms with Crippen molar-refractivity contribution in [2.45, 2.75) is 39.8 Å². The standard InChI is InChI=1S/C29H33N5O2/c1-20(2)26(33(17-7-15-30)28(35)23-12-10-21(3)11-13-23)27-32-25-18-31-16-14-24(25)29(36)34(27)19-22-8-5-4-6-9-22/h4-6,8-14,16,18,20,26H,7,15,17,19,30H2,1-3H3. The van der Waals surface area contributed by atoms with Crippen molar-refractivity contribution in [3.8, 4) is 0 Å². The number of hydrogen-bond acceptors (Lipinski definition) is 5. The third-order valence-corrected chi connectivity index (χ3v) is 6.36. The molecule has 2 aromatic heterocycles. The second-order valence-electron chi connectivity index (χ2n) is 9.44.